The molecule has 4 nitrogen and oxygen atoms in total. The minimum Gasteiger partial charge on any atom is -0.497 e. The number of hydrogen-bond acceptors (Lipinski definition) is 4. The SMILES string of the molecule is COc1ccc(C2CC(c3ccc4c(c3)OCO4)CN2)cc1. The summed E-state index contributed by atoms with van der Waals surface area (Å²) in [5, 5.41) is 3.61. The lowest BCUT2D eigenvalue weighted by Gasteiger charge is -2.12. The Morgan fingerprint density at radius 3 is 2.59 bits per heavy atom. The van der Waals surface area contributed by atoms with Crippen molar-refractivity contribution >= 4 is 0 Å². The minimum absolute atomic E-state index is 0.330. The highest BCUT2D eigenvalue weighted by Crippen LogP contribution is 2.39. The number of benzene rings is 2. The molecule has 2 heterocycles. The van der Waals surface area contributed by atoms with Crippen LogP contribution in [0.15, 0.2) is 42.5 Å². The molecular weight excluding hydrogens is 278 g/mol. The van der Waals surface area contributed by atoms with Crippen LogP contribution < -0.4 is 19.5 Å². The number of ether oxygens (including phenoxy) is 3. The quantitative estimate of drug-likeness (QED) is 0.944. The van der Waals surface area contributed by atoms with Gasteiger partial charge < -0.3 is 19.5 Å². The van der Waals surface area contributed by atoms with E-state index in [1.54, 1.807) is 7.11 Å². The lowest BCUT2D eigenvalue weighted by molar-refractivity contribution is 0.174. The van der Waals surface area contributed by atoms with Gasteiger partial charge in [0.15, 0.2) is 11.5 Å². The molecular formula is C18H19NO3. The van der Waals surface area contributed by atoms with Gasteiger partial charge in [0.2, 0.25) is 6.79 Å². The first kappa shape index (κ1) is 13.5. The lowest BCUT2D eigenvalue weighted by Crippen LogP contribution is -2.13. The Morgan fingerprint density at radius 2 is 1.77 bits per heavy atom. The first-order valence-electron chi connectivity index (χ1n) is 7.60. The van der Waals surface area contributed by atoms with Gasteiger partial charge in [-0.1, -0.05) is 18.2 Å². The van der Waals surface area contributed by atoms with Gasteiger partial charge in [0.1, 0.15) is 5.75 Å². The zero-order valence-corrected chi connectivity index (χ0v) is 12.5. The molecule has 2 unspecified atom stereocenters. The van der Waals surface area contributed by atoms with Crippen molar-refractivity contribution in [2.45, 2.75) is 18.4 Å². The van der Waals surface area contributed by atoms with E-state index < -0.39 is 0 Å². The lowest BCUT2D eigenvalue weighted by atomic mass is 9.93. The van der Waals surface area contributed by atoms with Crippen LogP contribution in [0.2, 0.25) is 0 Å². The van der Waals surface area contributed by atoms with Crippen LogP contribution in [0.25, 0.3) is 0 Å². The Morgan fingerprint density at radius 1 is 1.00 bits per heavy atom. The Balaban J connectivity index is 1.49. The van der Waals surface area contributed by atoms with E-state index in [-0.39, 0.29) is 0 Å². The highest BCUT2D eigenvalue weighted by atomic mass is 16.7. The van der Waals surface area contributed by atoms with Crippen molar-refractivity contribution in [3.8, 4) is 17.2 Å². The van der Waals surface area contributed by atoms with Gasteiger partial charge in [-0.05, 0) is 47.7 Å². The third-order valence-corrected chi connectivity index (χ3v) is 4.52. The molecule has 0 amide bonds. The molecule has 0 saturated carbocycles. The highest BCUT2D eigenvalue weighted by Gasteiger charge is 2.27. The fourth-order valence-electron chi connectivity index (χ4n) is 3.25. The van der Waals surface area contributed by atoms with Gasteiger partial charge in [-0.15, -0.1) is 0 Å². The predicted octanol–water partition coefficient (Wildman–Crippen LogP) is 3.24. The summed E-state index contributed by atoms with van der Waals surface area (Å²) in [4.78, 5) is 0. The van der Waals surface area contributed by atoms with E-state index in [1.165, 1.54) is 11.1 Å². The van der Waals surface area contributed by atoms with Gasteiger partial charge in [0, 0.05) is 12.6 Å². The van der Waals surface area contributed by atoms with Crippen molar-refractivity contribution in [3.63, 3.8) is 0 Å². The molecule has 1 fully saturated rings. The number of methoxy groups -OCH3 is 1. The molecule has 22 heavy (non-hydrogen) atoms. The number of hydrogen-bond donors (Lipinski definition) is 1. The van der Waals surface area contributed by atoms with Crippen molar-refractivity contribution < 1.29 is 14.2 Å². The van der Waals surface area contributed by atoms with Crippen LogP contribution >= 0.6 is 0 Å². The molecule has 4 heteroatoms. The second-order valence-corrected chi connectivity index (χ2v) is 5.78. The first-order chi connectivity index (χ1) is 10.8. The minimum atomic E-state index is 0.330. The van der Waals surface area contributed by atoms with Crippen molar-refractivity contribution in [2.75, 3.05) is 20.4 Å². The van der Waals surface area contributed by atoms with Crippen molar-refractivity contribution in [1.82, 2.24) is 5.32 Å². The molecule has 2 aliphatic rings. The summed E-state index contributed by atoms with van der Waals surface area (Å²) < 4.78 is 16.1. The fraction of sp³-hybridized carbons (Fsp3) is 0.333. The average molecular weight is 297 g/mol. The molecule has 1 saturated heterocycles. The molecule has 0 radical (unpaired) electrons. The van der Waals surface area contributed by atoms with Crippen molar-refractivity contribution in [2.24, 2.45) is 0 Å². The van der Waals surface area contributed by atoms with Gasteiger partial charge in [-0.3, -0.25) is 0 Å². The van der Waals surface area contributed by atoms with Crippen LogP contribution in [0.4, 0.5) is 0 Å². The first-order valence-corrected chi connectivity index (χ1v) is 7.60. The molecule has 2 aromatic rings. The molecule has 0 bridgehead atoms. The Labute approximate surface area is 130 Å². The van der Waals surface area contributed by atoms with Crippen LogP contribution in [0.1, 0.15) is 29.5 Å². The van der Waals surface area contributed by atoms with Gasteiger partial charge >= 0.3 is 0 Å². The van der Waals surface area contributed by atoms with Gasteiger partial charge in [-0.25, -0.2) is 0 Å². The Hall–Kier alpha value is -2.20. The topological polar surface area (TPSA) is 39.7 Å². The van der Waals surface area contributed by atoms with E-state index in [4.69, 9.17) is 14.2 Å². The normalized spacial score (nSPS) is 22.8. The molecule has 2 atom stereocenters. The zero-order chi connectivity index (χ0) is 14.9. The number of fused-ring (bicyclic) bond motifs is 1. The molecule has 4 rings (SSSR count). The summed E-state index contributed by atoms with van der Waals surface area (Å²) >= 11 is 0. The molecule has 1 N–H and O–H groups in total. The summed E-state index contributed by atoms with van der Waals surface area (Å²) in [6.07, 6.45) is 1.09. The smallest absolute Gasteiger partial charge is 0.231 e. The van der Waals surface area contributed by atoms with Gasteiger partial charge in [-0.2, -0.15) is 0 Å². The molecule has 2 aliphatic heterocycles. The van der Waals surface area contributed by atoms with Crippen LogP contribution in [0, 0.1) is 0 Å². The predicted molar refractivity (Wildman–Crippen MR) is 83.7 cm³/mol. The standard InChI is InChI=1S/C18H19NO3/c1-20-15-5-2-12(3-6-15)16-8-14(10-19-16)13-4-7-17-18(9-13)22-11-21-17/h2-7,9,14,16,19H,8,10-11H2,1H3. The third-order valence-electron chi connectivity index (χ3n) is 4.52. The second kappa shape index (κ2) is 5.54. The van der Waals surface area contributed by atoms with Crippen LogP contribution in [-0.2, 0) is 0 Å². The maximum atomic E-state index is 5.48. The van der Waals surface area contributed by atoms with E-state index in [1.807, 2.05) is 18.2 Å². The molecule has 0 aliphatic carbocycles. The van der Waals surface area contributed by atoms with Crippen LogP contribution in [0.5, 0.6) is 17.2 Å². The third kappa shape index (κ3) is 2.40. The van der Waals surface area contributed by atoms with E-state index in [9.17, 15) is 0 Å². The van der Waals surface area contributed by atoms with Crippen molar-refractivity contribution in [1.29, 1.82) is 0 Å². The summed E-state index contributed by atoms with van der Waals surface area (Å²) in [6, 6.07) is 15.0. The van der Waals surface area contributed by atoms with E-state index >= 15 is 0 Å². The number of nitrogens with one attached hydrogen (secondary N) is 1. The monoisotopic (exact) mass is 297 g/mol. The highest BCUT2D eigenvalue weighted by molar-refractivity contribution is 5.46. The second-order valence-electron chi connectivity index (χ2n) is 5.78. The summed E-state index contributed by atoms with van der Waals surface area (Å²) in [7, 11) is 1.69. The summed E-state index contributed by atoms with van der Waals surface area (Å²) in [6.45, 7) is 1.31. The molecule has 0 aromatic heterocycles. The Kier molecular flexibility index (Phi) is 3.39. The Bertz CT molecular complexity index is 669. The maximum Gasteiger partial charge on any atom is 0.231 e. The largest absolute Gasteiger partial charge is 0.497 e. The molecule has 2 aromatic carbocycles. The van der Waals surface area contributed by atoms with E-state index in [2.05, 4.69) is 29.6 Å². The summed E-state index contributed by atoms with van der Waals surface area (Å²) in [5.74, 6) is 3.11. The van der Waals surface area contributed by atoms with E-state index in [0.717, 1.165) is 30.2 Å². The average Bonchev–Trinajstić information content (AvgIpc) is 3.23. The van der Waals surface area contributed by atoms with Gasteiger partial charge in [0.25, 0.3) is 0 Å². The number of rotatable bonds is 3. The van der Waals surface area contributed by atoms with Crippen LogP contribution in [-0.4, -0.2) is 20.4 Å². The zero-order valence-electron chi connectivity index (χ0n) is 12.5. The van der Waals surface area contributed by atoms with Crippen molar-refractivity contribution in [3.05, 3.63) is 53.6 Å². The molecule has 114 valence electrons. The fourth-order valence-corrected chi connectivity index (χ4v) is 3.25. The van der Waals surface area contributed by atoms with Crippen LogP contribution in [0.3, 0.4) is 0 Å². The maximum absolute atomic E-state index is 5.48. The van der Waals surface area contributed by atoms with E-state index in [0.29, 0.717) is 18.8 Å². The van der Waals surface area contributed by atoms with Gasteiger partial charge in [0.05, 0.1) is 7.11 Å². The summed E-state index contributed by atoms with van der Waals surface area (Å²) in [5.41, 5.74) is 2.62. The molecule has 0 spiro atoms.